The smallest absolute Gasteiger partial charge is 0.223 e. The SMILES string of the molecule is O=C(NC1CC1)C1CCN(CC#Cc2ccc(Cl)cc2)CC1. The number of amides is 1. The van der Waals surface area contributed by atoms with Crippen molar-refractivity contribution in [1.82, 2.24) is 10.2 Å². The molecule has 1 aromatic carbocycles. The molecule has 0 spiro atoms. The number of nitrogens with zero attached hydrogens (tertiary/aromatic N) is 1. The van der Waals surface area contributed by atoms with E-state index in [1.165, 1.54) is 0 Å². The monoisotopic (exact) mass is 316 g/mol. The molecule has 2 fully saturated rings. The van der Waals surface area contributed by atoms with Crippen molar-refractivity contribution in [2.24, 2.45) is 5.92 Å². The number of rotatable bonds is 3. The van der Waals surface area contributed by atoms with E-state index < -0.39 is 0 Å². The molecule has 1 aliphatic carbocycles. The molecule has 1 saturated carbocycles. The molecule has 1 amide bonds. The lowest BCUT2D eigenvalue weighted by Gasteiger charge is -2.29. The van der Waals surface area contributed by atoms with Crippen molar-refractivity contribution in [1.29, 1.82) is 0 Å². The van der Waals surface area contributed by atoms with Crippen molar-refractivity contribution in [2.75, 3.05) is 19.6 Å². The van der Waals surface area contributed by atoms with Crippen LogP contribution in [0.2, 0.25) is 5.02 Å². The summed E-state index contributed by atoms with van der Waals surface area (Å²) in [5.74, 6) is 6.82. The van der Waals surface area contributed by atoms with Crippen molar-refractivity contribution >= 4 is 17.5 Å². The third kappa shape index (κ3) is 4.50. The highest BCUT2D eigenvalue weighted by molar-refractivity contribution is 6.30. The summed E-state index contributed by atoms with van der Waals surface area (Å²) >= 11 is 5.85. The van der Waals surface area contributed by atoms with Crippen molar-refractivity contribution in [3.05, 3.63) is 34.9 Å². The Morgan fingerprint density at radius 1 is 1.18 bits per heavy atom. The summed E-state index contributed by atoms with van der Waals surface area (Å²) in [5.41, 5.74) is 0.989. The van der Waals surface area contributed by atoms with Crippen molar-refractivity contribution in [2.45, 2.75) is 31.7 Å². The van der Waals surface area contributed by atoms with E-state index in [-0.39, 0.29) is 11.8 Å². The average Bonchev–Trinajstić information content (AvgIpc) is 3.34. The molecule has 0 bridgehead atoms. The van der Waals surface area contributed by atoms with E-state index in [4.69, 9.17) is 11.6 Å². The summed E-state index contributed by atoms with van der Waals surface area (Å²) in [4.78, 5) is 14.3. The van der Waals surface area contributed by atoms with Crippen LogP contribution in [-0.2, 0) is 4.79 Å². The molecular weight excluding hydrogens is 296 g/mol. The van der Waals surface area contributed by atoms with Crippen LogP contribution < -0.4 is 5.32 Å². The molecule has 4 heteroatoms. The number of halogens is 1. The van der Waals surface area contributed by atoms with Gasteiger partial charge in [-0.15, -0.1) is 0 Å². The molecular formula is C18H21ClN2O. The van der Waals surface area contributed by atoms with Gasteiger partial charge in [0, 0.05) is 22.5 Å². The van der Waals surface area contributed by atoms with Gasteiger partial charge in [0.05, 0.1) is 6.54 Å². The third-order valence-corrected chi connectivity index (χ3v) is 4.51. The Hall–Kier alpha value is -1.50. The number of hydrogen-bond acceptors (Lipinski definition) is 2. The van der Waals surface area contributed by atoms with Crippen LogP contribution in [0.15, 0.2) is 24.3 Å². The van der Waals surface area contributed by atoms with Crippen LogP contribution in [0, 0.1) is 17.8 Å². The van der Waals surface area contributed by atoms with Gasteiger partial charge in [-0.1, -0.05) is 23.4 Å². The first kappa shape index (κ1) is 15.4. The zero-order valence-corrected chi connectivity index (χ0v) is 13.4. The maximum absolute atomic E-state index is 12.0. The maximum atomic E-state index is 12.0. The highest BCUT2D eigenvalue weighted by Gasteiger charge is 2.29. The van der Waals surface area contributed by atoms with Crippen LogP contribution in [-0.4, -0.2) is 36.5 Å². The minimum Gasteiger partial charge on any atom is -0.353 e. The molecule has 116 valence electrons. The fraction of sp³-hybridized carbons (Fsp3) is 0.500. The lowest BCUT2D eigenvalue weighted by molar-refractivity contribution is -0.126. The lowest BCUT2D eigenvalue weighted by atomic mass is 9.96. The zero-order valence-electron chi connectivity index (χ0n) is 12.6. The molecule has 1 aliphatic heterocycles. The first-order valence-corrected chi connectivity index (χ1v) is 8.36. The summed E-state index contributed by atoms with van der Waals surface area (Å²) in [6.07, 6.45) is 4.21. The summed E-state index contributed by atoms with van der Waals surface area (Å²) in [5, 5.41) is 3.84. The van der Waals surface area contributed by atoms with Gasteiger partial charge in [-0.25, -0.2) is 0 Å². The Morgan fingerprint density at radius 3 is 2.50 bits per heavy atom. The second kappa shape index (κ2) is 7.17. The largest absolute Gasteiger partial charge is 0.353 e. The molecule has 0 radical (unpaired) electrons. The Bertz CT molecular complexity index is 575. The van der Waals surface area contributed by atoms with Gasteiger partial charge >= 0.3 is 0 Å². The fourth-order valence-corrected chi connectivity index (χ4v) is 2.81. The van der Waals surface area contributed by atoms with Crippen LogP contribution in [0.3, 0.4) is 0 Å². The fourth-order valence-electron chi connectivity index (χ4n) is 2.69. The molecule has 1 heterocycles. The molecule has 3 rings (SSSR count). The first-order valence-electron chi connectivity index (χ1n) is 7.98. The van der Waals surface area contributed by atoms with Gasteiger partial charge in [0.25, 0.3) is 0 Å². The van der Waals surface area contributed by atoms with Crippen molar-refractivity contribution in [3.8, 4) is 11.8 Å². The first-order chi connectivity index (χ1) is 10.7. The van der Waals surface area contributed by atoms with Gasteiger partial charge in [-0.05, 0) is 63.0 Å². The van der Waals surface area contributed by atoms with Crippen molar-refractivity contribution < 1.29 is 4.79 Å². The second-order valence-electron chi connectivity index (χ2n) is 6.14. The number of carbonyl (C=O) groups is 1. The Labute approximate surface area is 137 Å². The number of carbonyl (C=O) groups excluding carboxylic acids is 1. The van der Waals surface area contributed by atoms with Gasteiger partial charge in [-0.3, -0.25) is 9.69 Å². The van der Waals surface area contributed by atoms with Crippen LogP contribution in [0.1, 0.15) is 31.2 Å². The van der Waals surface area contributed by atoms with Gasteiger partial charge < -0.3 is 5.32 Å². The maximum Gasteiger partial charge on any atom is 0.223 e. The summed E-state index contributed by atoms with van der Waals surface area (Å²) in [6.45, 7) is 2.68. The zero-order chi connectivity index (χ0) is 15.4. The molecule has 0 aromatic heterocycles. The van der Waals surface area contributed by atoms with E-state index in [0.717, 1.165) is 55.9 Å². The topological polar surface area (TPSA) is 32.3 Å². The Morgan fingerprint density at radius 2 is 1.86 bits per heavy atom. The van der Waals surface area contributed by atoms with Gasteiger partial charge in [-0.2, -0.15) is 0 Å². The van der Waals surface area contributed by atoms with E-state index in [0.29, 0.717) is 6.04 Å². The normalized spacial score (nSPS) is 19.3. The van der Waals surface area contributed by atoms with E-state index in [1.807, 2.05) is 24.3 Å². The minimum atomic E-state index is 0.195. The van der Waals surface area contributed by atoms with E-state index in [2.05, 4.69) is 22.1 Å². The average molecular weight is 317 g/mol. The van der Waals surface area contributed by atoms with E-state index in [1.54, 1.807) is 0 Å². The number of benzene rings is 1. The predicted octanol–water partition coefficient (Wildman–Crippen LogP) is 2.68. The van der Waals surface area contributed by atoms with Crippen LogP contribution in [0.25, 0.3) is 0 Å². The Kier molecular flexibility index (Phi) is 5.02. The van der Waals surface area contributed by atoms with Crippen LogP contribution >= 0.6 is 11.6 Å². The third-order valence-electron chi connectivity index (χ3n) is 4.26. The van der Waals surface area contributed by atoms with Gasteiger partial charge in [0.1, 0.15) is 0 Å². The van der Waals surface area contributed by atoms with E-state index >= 15 is 0 Å². The van der Waals surface area contributed by atoms with Gasteiger partial charge in [0.15, 0.2) is 0 Å². The summed E-state index contributed by atoms with van der Waals surface area (Å²) < 4.78 is 0. The van der Waals surface area contributed by atoms with E-state index in [9.17, 15) is 4.79 Å². The molecule has 3 nitrogen and oxygen atoms in total. The number of hydrogen-bond donors (Lipinski definition) is 1. The molecule has 1 N–H and O–H groups in total. The quantitative estimate of drug-likeness (QED) is 0.870. The van der Waals surface area contributed by atoms with Crippen LogP contribution in [0.5, 0.6) is 0 Å². The number of nitrogens with one attached hydrogen (secondary N) is 1. The van der Waals surface area contributed by atoms with Crippen molar-refractivity contribution in [3.63, 3.8) is 0 Å². The highest BCUT2D eigenvalue weighted by Crippen LogP contribution is 2.22. The second-order valence-corrected chi connectivity index (χ2v) is 6.58. The molecule has 1 aromatic rings. The number of piperidine rings is 1. The molecule has 22 heavy (non-hydrogen) atoms. The summed E-state index contributed by atoms with van der Waals surface area (Å²) in [7, 11) is 0. The van der Waals surface area contributed by atoms with Crippen LogP contribution in [0.4, 0.5) is 0 Å². The minimum absolute atomic E-state index is 0.195. The summed E-state index contributed by atoms with van der Waals surface area (Å²) in [6, 6.07) is 8.05. The molecule has 0 atom stereocenters. The number of likely N-dealkylation sites (tertiary alicyclic amines) is 1. The van der Waals surface area contributed by atoms with Gasteiger partial charge in [0.2, 0.25) is 5.91 Å². The highest BCUT2D eigenvalue weighted by atomic mass is 35.5. The predicted molar refractivity (Wildman–Crippen MR) is 88.7 cm³/mol. The molecule has 0 unspecified atom stereocenters. The molecule has 2 aliphatic rings. The lowest BCUT2D eigenvalue weighted by Crippen LogP contribution is -2.41. The molecule has 1 saturated heterocycles. The standard InChI is InChI=1S/C18H21ClN2O/c19-16-5-3-14(4-6-16)2-1-11-21-12-9-15(10-13-21)18(22)20-17-7-8-17/h3-6,15,17H,7-13H2,(H,20,22). The Balaban J connectivity index is 1.42.